The van der Waals surface area contributed by atoms with E-state index in [1.165, 1.54) is 0 Å². The van der Waals surface area contributed by atoms with E-state index >= 15 is 0 Å². The monoisotopic (exact) mass is 376 g/mol. The largest absolute Gasteiger partial charge is 0.482 e. The fraction of sp³-hybridized carbons (Fsp3) is 0.600. The van der Waals surface area contributed by atoms with E-state index in [1.807, 2.05) is 30.1 Å². The first-order chi connectivity index (χ1) is 12.9. The van der Waals surface area contributed by atoms with Crippen LogP contribution in [0.15, 0.2) is 24.3 Å². The minimum Gasteiger partial charge on any atom is -0.482 e. The van der Waals surface area contributed by atoms with Gasteiger partial charge in [0.25, 0.3) is 0 Å². The van der Waals surface area contributed by atoms with Crippen LogP contribution in [0.1, 0.15) is 24.8 Å². The van der Waals surface area contributed by atoms with Crippen molar-refractivity contribution in [1.29, 1.82) is 0 Å². The second-order valence-electron chi connectivity index (χ2n) is 7.59. The highest BCUT2D eigenvalue weighted by Gasteiger charge is 2.47. The van der Waals surface area contributed by atoms with Crippen LogP contribution in [0.2, 0.25) is 0 Å². The van der Waals surface area contributed by atoms with Crippen LogP contribution in [0, 0.1) is 5.41 Å². The number of nitrogens with zero attached hydrogens (tertiary/aromatic N) is 2. The average Bonchev–Trinajstić information content (AvgIpc) is 2.66. The molecule has 0 aromatic heterocycles. The fourth-order valence-corrected chi connectivity index (χ4v) is 4.25. The Bertz CT molecular complexity index is 685. The van der Waals surface area contributed by atoms with Crippen molar-refractivity contribution in [2.24, 2.45) is 5.41 Å². The summed E-state index contributed by atoms with van der Waals surface area (Å²) in [5.41, 5.74) is 0.653. The standard InChI is InChI=1S/C20H28N2O5/c1-21-13-16(26-2)11-20(19(21)25)7-9-22(10-8-20)12-15-5-3-4-6-17(15)27-14-18(23)24/h3-6,16H,7-14H2,1-2H3,(H,23,24). The molecule has 2 aliphatic rings. The van der Waals surface area contributed by atoms with Gasteiger partial charge in [-0.2, -0.15) is 0 Å². The number of likely N-dealkylation sites (N-methyl/N-ethyl adjacent to an activating group) is 1. The van der Waals surface area contributed by atoms with Gasteiger partial charge in [0.15, 0.2) is 6.61 Å². The molecule has 1 spiro atoms. The molecule has 0 aliphatic carbocycles. The maximum absolute atomic E-state index is 12.8. The molecular formula is C20H28N2O5. The van der Waals surface area contributed by atoms with Crippen molar-refractivity contribution in [2.45, 2.75) is 31.9 Å². The first-order valence-electron chi connectivity index (χ1n) is 9.37. The lowest BCUT2D eigenvalue weighted by Crippen LogP contribution is -2.56. The molecule has 27 heavy (non-hydrogen) atoms. The normalized spacial score (nSPS) is 22.8. The Balaban J connectivity index is 1.63. The van der Waals surface area contributed by atoms with Gasteiger partial charge in [0, 0.05) is 32.8 Å². The Morgan fingerprint density at radius 1 is 1.30 bits per heavy atom. The van der Waals surface area contributed by atoms with Gasteiger partial charge in [-0.15, -0.1) is 0 Å². The van der Waals surface area contributed by atoms with Crippen molar-refractivity contribution in [2.75, 3.05) is 40.4 Å². The lowest BCUT2D eigenvalue weighted by atomic mass is 9.71. The van der Waals surface area contributed by atoms with Crippen LogP contribution >= 0.6 is 0 Å². The lowest BCUT2D eigenvalue weighted by Gasteiger charge is -2.47. The number of methoxy groups -OCH3 is 1. The molecule has 3 rings (SSSR count). The zero-order valence-corrected chi connectivity index (χ0v) is 16.0. The summed E-state index contributed by atoms with van der Waals surface area (Å²) in [6, 6.07) is 7.53. The number of carboxylic acid groups (broad SMARTS) is 1. The molecule has 148 valence electrons. The van der Waals surface area contributed by atoms with Gasteiger partial charge in [-0.3, -0.25) is 9.69 Å². The van der Waals surface area contributed by atoms with E-state index in [4.69, 9.17) is 14.6 Å². The van der Waals surface area contributed by atoms with Crippen LogP contribution in [0.4, 0.5) is 0 Å². The minimum absolute atomic E-state index is 0.101. The molecule has 1 amide bonds. The number of amides is 1. The zero-order chi connectivity index (χ0) is 19.4. The molecule has 0 bridgehead atoms. The van der Waals surface area contributed by atoms with Crippen LogP contribution < -0.4 is 4.74 Å². The highest BCUT2D eigenvalue weighted by atomic mass is 16.5. The summed E-state index contributed by atoms with van der Waals surface area (Å²) in [5, 5.41) is 8.83. The summed E-state index contributed by atoms with van der Waals surface area (Å²) >= 11 is 0. The number of benzene rings is 1. The molecule has 1 aromatic carbocycles. The highest BCUT2D eigenvalue weighted by molar-refractivity contribution is 5.83. The molecule has 1 atom stereocenters. The maximum atomic E-state index is 12.8. The molecular weight excluding hydrogens is 348 g/mol. The van der Waals surface area contributed by atoms with Crippen molar-refractivity contribution >= 4 is 11.9 Å². The van der Waals surface area contributed by atoms with E-state index in [0.29, 0.717) is 18.8 Å². The van der Waals surface area contributed by atoms with E-state index in [2.05, 4.69) is 4.90 Å². The van der Waals surface area contributed by atoms with Crippen molar-refractivity contribution in [3.05, 3.63) is 29.8 Å². The van der Waals surface area contributed by atoms with Crippen LogP contribution in [0.25, 0.3) is 0 Å². The van der Waals surface area contributed by atoms with Crippen LogP contribution in [0.5, 0.6) is 5.75 Å². The number of carbonyl (C=O) groups is 2. The minimum atomic E-state index is -0.989. The number of likely N-dealkylation sites (tertiary alicyclic amines) is 2. The van der Waals surface area contributed by atoms with Crippen LogP contribution in [-0.4, -0.2) is 73.3 Å². The van der Waals surface area contributed by atoms with Gasteiger partial charge in [0.05, 0.1) is 11.5 Å². The summed E-state index contributed by atoms with van der Waals surface area (Å²) in [4.78, 5) is 27.7. The third-order valence-electron chi connectivity index (χ3n) is 5.76. The van der Waals surface area contributed by atoms with E-state index in [-0.39, 0.29) is 24.0 Å². The molecule has 2 saturated heterocycles. The van der Waals surface area contributed by atoms with Gasteiger partial charge < -0.3 is 19.5 Å². The number of carbonyl (C=O) groups excluding carboxylic acids is 1. The molecule has 0 saturated carbocycles. The Hall–Kier alpha value is -2.12. The van der Waals surface area contributed by atoms with Crippen molar-refractivity contribution in [1.82, 2.24) is 9.80 Å². The third-order valence-corrected chi connectivity index (χ3v) is 5.76. The van der Waals surface area contributed by atoms with Crippen LogP contribution in [0.3, 0.4) is 0 Å². The van der Waals surface area contributed by atoms with Crippen molar-refractivity contribution in [3.8, 4) is 5.75 Å². The fourth-order valence-electron chi connectivity index (χ4n) is 4.25. The lowest BCUT2D eigenvalue weighted by molar-refractivity contribution is -0.156. The summed E-state index contributed by atoms with van der Waals surface area (Å²) in [6.07, 6.45) is 2.52. The predicted molar refractivity (Wildman–Crippen MR) is 99.6 cm³/mol. The Kier molecular flexibility index (Phi) is 6.01. The molecule has 1 unspecified atom stereocenters. The van der Waals surface area contributed by atoms with Crippen molar-refractivity contribution < 1.29 is 24.2 Å². The van der Waals surface area contributed by atoms with Gasteiger partial charge >= 0.3 is 5.97 Å². The highest BCUT2D eigenvalue weighted by Crippen LogP contribution is 2.41. The van der Waals surface area contributed by atoms with Gasteiger partial charge in [-0.05, 0) is 38.4 Å². The van der Waals surface area contributed by atoms with E-state index in [9.17, 15) is 9.59 Å². The average molecular weight is 376 g/mol. The second-order valence-corrected chi connectivity index (χ2v) is 7.59. The van der Waals surface area contributed by atoms with E-state index in [0.717, 1.165) is 37.9 Å². The SMILES string of the molecule is COC1CN(C)C(=O)C2(CCN(Cc3ccccc3OCC(=O)O)CC2)C1. The van der Waals surface area contributed by atoms with Gasteiger partial charge in [0.2, 0.25) is 5.91 Å². The van der Waals surface area contributed by atoms with Gasteiger partial charge in [0.1, 0.15) is 5.75 Å². The molecule has 7 nitrogen and oxygen atoms in total. The van der Waals surface area contributed by atoms with E-state index < -0.39 is 5.97 Å². The number of carboxylic acids is 1. The van der Waals surface area contributed by atoms with Crippen molar-refractivity contribution in [3.63, 3.8) is 0 Å². The Morgan fingerprint density at radius 2 is 2.00 bits per heavy atom. The number of ether oxygens (including phenoxy) is 2. The molecule has 1 aromatic rings. The summed E-state index contributed by atoms with van der Waals surface area (Å²) in [6.45, 7) is 2.64. The Morgan fingerprint density at radius 3 is 2.67 bits per heavy atom. The third kappa shape index (κ3) is 4.42. The quantitative estimate of drug-likeness (QED) is 0.813. The molecule has 7 heteroatoms. The number of para-hydroxylation sites is 1. The first kappa shape index (κ1) is 19.6. The van der Waals surface area contributed by atoms with Gasteiger partial charge in [-0.1, -0.05) is 18.2 Å². The maximum Gasteiger partial charge on any atom is 0.341 e. The number of hydrogen-bond acceptors (Lipinski definition) is 5. The first-order valence-corrected chi connectivity index (χ1v) is 9.37. The molecule has 2 heterocycles. The summed E-state index contributed by atoms with van der Waals surface area (Å²) in [5.74, 6) is -0.147. The van der Waals surface area contributed by atoms with Gasteiger partial charge in [-0.25, -0.2) is 4.79 Å². The number of hydrogen-bond donors (Lipinski definition) is 1. The summed E-state index contributed by atoms with van der Waals surface area (Å²) in [7, 11) is 3.57. The second kappa shape index (κ2) is 8.27. The predicted octanol–water partition coefficient (Wildman–Crippen LogP) is 1.61. The molecule has 2 fully saturated rings. The summed E-state index contributed by atoms with van der Waals surface area (Å²) < 4.78 is 11.0. The number of piperidine rings is 2. The number of rotatable bonds is 6. The molecule has 2 aliphatic heterocycles. The Labute approximate surface area is 159 Å². The topological polar surface area (TPSA) is 79.3 Å². The zero-order valence-electron chi connectivity index (χ0n) is 16.0. The van der Waals surface area contributed by atoms with Crippen LogP contribution in [-0.2, 0) is 20.9 Å². The van der Waals surface area contributed by atoms with E-state index in [1.54, 1.807) is 13.2 Å². The molecule has 0 radical (unpaired) electrons. The number of aliphatic carboxylic acids is 1. The smallest absolute Gasteiger partial charge is 0.341 e. The molecule has 1 N–H and O–H groups in total.